The molecule has 0 aliphatic heterocycles. The van der Waals surface area contributed by atoms with Gasteiger partial charge in [0.05, 0.1) is 6.54 Å². The monoisotopic (exact) mass is 383 g/mol. The maximum atomic E-state index is 12.8. The Kier molecular flexibility index (Phi) is 6.22. The molecule has 0 aliphatic rings. The molecule has 1 amide bonds. The number of hydrogen-bond acceptors (Lipinski definition) is 6. The van der Waals surface area contributed by atoms with Gasteiger partial charge in [-0.05, 0) is 38.1 Å². The number of amides is 1. The molecule has 1 heterocycles. The smallest absolute Gasteiger partial charge is 0.245 e. The SMILES string of the molecule is Cc1noc(C)c1S(=O)(=O)NCCC(=O)NCC(=O)c1ccc(F)cc1. The van der Waals surface area contributed by atoms with Crippen LogP contribution in [-0.4, -0.2) is 38.4 Å². The molecule has 140 valence electrons. The molecule has 0 saturated heterocycles. The molecule has 2 rings (SSSR count). The van der Waals surface area contributed by atoms with Crippen molar-refractivity contribution in [2.24, 2.45) is 0 Å². The van der Waals surface area contributed by atoms with Crippen LogP contribution in [0.3, 0.4) is 0 Å². The molecule has 8 nitrogen and oxygen atoms in total. The molecule has 0 bridgehead atoms. The summed E-state index contributed by atoms with van der Waals surface area (Å²) in [6, 6.07) is 4.94. The second kappa shape index (κ2) is 8.19. The molecule has 1 aromatic heterocycles. The van der Waals surface area contributed by atoms with Crippen molar-refractivity contribution in [1.29, 1.82) is 0 Å². The Bertz CT molecular complexity index is 887. The van der Waals surface area contributed by atoms with Crippen LogP contribution in [0.1, 0.15) is 28.2 Å². The Balaban J connectivity index is 1.80. The summed E-state index contributed by atoms with van der Waals surface area (Å²) in [7, 11) is -3.84. The summed E-state index contributed by atoms with van der Waals surface area (Å²) in [5.41, 5.74) is 0.496. The summed E-state index contributed by atoms with van der Waals surface area (Å²) in [5.74, 6) is -1.18. The maximum absolute atomic E-state index is 12.8. The van der Waals surface area contributed by atoms with Crippen molar-refractivity contribution in [1.82, 2.24) is 15.2 Å². The van der Waals surface area contributed by atoms with E-state index in [9.17, 15) is 22.4 Å². The average Bonchev–Trinajstić information content (AvgIpc) is 2.92. The van der Waals surface area contributed by atoms with Crippen LogP contribution >= 0.6 is 0 Å². The molecule has 0 saturated carbocycles. The molecule has 2 N–H and O–H groups in total. The topological polar surface area (TPSA) is 118 Å². The fraction of sp³-hybridized carbons (Fsp3) is 0.312. The summed E-state index contributed by atoms with van der Waals surface area (Å²) in [4.78, 5) is 23.6. The molecule has 1 aromatic carbocycles. The van der Waals surface area contributed by atoms with Gasteiger partial charge in [0.1, 0.15) is 16.4 Å². The van der Waals surface area contributed by atoms with E-state index in [1.165, 1.54) is 26.0 Å². The zero-order chi connectivity index (χ0) is 19.3. The third-order valence-electron chi connectivity index (χ3n) is 3.49. The van der Waals surface area contributed by atoms with Gasteiger partial charge >= 0.3 is 0 Å². The first kappa shape index (κ1) is 19.7. The fourth-order valence-corrected chi connectivity index (χ4v) is 3.59. The quantitative estimate of drug-likeness (QED) is 0.659. The number of Topliss-reactive ketones (excluding diaryl/α,β-unsaturated/α-hetero) is 1. The van der Waals surface area contributed by atoms with E-state index in [0.717, 1.165) is 12.1 Å². The molecule has 0 fully saturated rings. The molecular weight excluding hydrogens is 365 g/mol. The Morgan fingerprint density at radius 3 is 2.42 bits per heavy atom. The predicted molar refractivity (Wildman–Crippen MR) is 89.5 cm³/mol. The number of nitrogens with zero attached hydrogens (tertiary/aromatic N) is 1. The highest BCUT2D eigenvalue weighted by atomic mass is 32.2. The molecular formula is C16H18FN3O5S. The van der Waals surface area contributed by atoms with Crippen LogP contribution in [0.25, 0.3) is 0 Å². The highest BCUT2D eigenvalue weighted by molar-refractivity contribution is 7.89. The van der Waals surface area contributed by atoms with Crippen LogP contribution in [0, 0.1) is 19.7 Å². The Hall–Kier alpha value is -2.59. The number of halogens is 1. The molecule has 26 heavy (non-hydrogen) atoms. The van der Waals surface area contributed by atoms with Gasteiger partial charge in [0.2, 0.25) is 15.9 Å². The number of ketones is 1. The standard InChI is InChI=1S/C16H18FN3O5S/c1-10-16(11(2)25-20-10)26(23,24)19-8-7-15(22)18-9-14(21)12-3-5-13(17)6-4-12/h3-6,19H,7-9H2,1-2H3,(H,18,22). The maximum Gasteiger partial charge on any atom is 0.245 e. The van der Waals surface area contributed by atoms with E-state index in [-0.39, 0.29) is 47.2 Å². The van der Waals surface area contributed by atoms with Crippen molar-refractivity contribution in [2.45, 2.75) is 25.2 Å². The zero-order valence-corrected chi connectivity index (χ0v) is 15.0. The number of rotatable bonds is 8. The Morgan fingerprint density at radius 2 is 1.85 bits per heavy atom. The second-order valence-corrected chi connectivity index (χ2v) is 7.21. The minimum atomic E-state index is -3.84. The highest BCUT2D eigenvalue weighted by Gasteiger charge is 2.23. The molecule has 0 aliphatic carbocycles. The summed E-state index contributed by atoms with van der Waals surface area (Å²) < 4.78 is 44.2. The first-order chi connectivity index (χ1) is 12.2. The minimum Gasteiger partial charge on any atom is -0.360 e. The van der Waals surface area contributed by atoms with Crippen LogP contribution < -0.4 is 10.0 Å². The number of aryl methyl sites for hydroxylation is 2. The Morgan fingerprint density at radius 1 is 1.19 bits per heavy atom. The van der Waals surface area contributed by atoms with Gasteiger partial charge in [-0.1, -0.05) is 5.16 Å². The summed E-state index contributed by atoms with van der Waals surface area (Å²) in [6.45, 7) is 2.56. The van der Waals surface area contributed by atoms with Crippen LogP contribution in [-0.2, 0) is 14.8 Å². The lowest BCUT2D eigenvalue weighted by atomic mass is 10.1. The van der Waals surface area contributed by atoms with Crippen molar-refractivity contribution < 1.29 is 26.9 Å². The van der Waals surface area contributed by atoms with Gasteiger partial charge < -0.3 is 9.84 Å². The lowest BCUT2D eigenvalue weighted by Crippen LogP contribution is -2.33. The number of benzene rings is 1. The average molecular weight is 383 g/mol. The fourth-order valence-electron chi connectivity index (χ4n) is 2.23. The van der Waals surface area contributed by atoms with Crippen LogP contribution in [0.2, 0.25) is 0 Å². The number of hydrogen-bond donors (Lipinski definition) is 2. The van der Waals surface area contributed by atoms with Gasteiger partial charge in [-0.15, -0.1) is 0 Å². The van der Waals surface area contributed by atoms with E-state index in [1.807, 2.05) is 0 Å². The van der Waals surface area contributed by atoms with Crippen molar-refractivity contribution in [3.05, 3.63) is 47.1 Å². The number of carbonyl (C=O) groups excluding carboxylic acids is 2. The number of sulfonamides is 1. The first-order valence-electron chi connectivity index (χ1n) is 7.68. The number of carbonyl (C=O) groups is 2. The largest absolute Gasteiger partial charge is 0.360 e. The molecule has 0 unspecified atom stereocenters. The van der Waals surface area contributed by atoms with Gasteiger partial charge in [0.25, 0.3) is 0 Å². The lowest BCUT2D eigenvalue weighted by Gasteiger charge is -2.07. The molecule has 0 atom stereocenters. The highest BCUT2D eigenvalue weighted by Crippen LogP contribution is 2.18. The lowest BCUT2D eigenvalue weighted by molar-refractivity contribution is -0.120. The first-order valence-corrected chi connectivity index (χ1v) is 9.17. The van der Waals surface area contributed by atoms with Crippen LogP contribution in [0.4, 0.5) is 4.39 Å². The third kappa shape index (κ3) is 4.96. The Labute approximate surface area is 149 Å². The van der Waals surface area contributed by atoms with E-state index in [2.05, 4.69) is 15.2 Å². The van der Waals surface area contributed by atoms with Gasteiger partial charge in [-0.25, -0.2) is 17.5 Å². The van der Waals surface area contributed by atoms with Crippen LogP contribution in [0.5, 0.6) is 0 Å². The van der Waals surface area contributed by atoms with Crippen molar-refractivity contribution in [3.8, 4) is 0 Å². The van der Waals surface area contributed by atoms with E-state index in [4.69, 9.17) is 4.52 Å². The van der Waals surface area contributed by atoms with E-state index >= 15 is 0 Å². The zero-order valence-electron chi connectivity index (χ0n) is 14.2. The second-order valence-electron chi connectivity index (χ2n) is 5.51. The predicted octanol–water partition coefficient (Wildman–Crippen LogP) is 1.10. The van der Waals surface area contributed by atoms with Crippen molar-refractivity contribution in [2.75, 3.05) is 13.1 Å². The normalized spacial score (nSPS) is 11.3. The summed E-state index contributed by atoms with van der Waals surface area (Å²) >= 11 is 0. The number of nitrogens with one attached hydrogen (secondary N) is 2. The van der Waals surface area contributed by atoms with Gasteiger partial charge in [-0.2, -0.15) is 0 Å². The van der Waals surface area contributed by atoms with Crippen molar-refractivity contribution in [3.63, 3.8) is 0 Å². The third-order valence-corrected chi connectivity index (χ3v) is 5.20. The van der Waals surface area contributed by atoms with E-state index < -0.39 is 21.7 Å². The summed E-state index contributed by atoms with van der Waals surface area (Å²) in [6.07, 6.45) is -0.153. The van der Waals surface area contributed by atoms with Crippen LogP contribution in [0.15, 0.2) is 33.7 Å². The minimum absolute atomic E-state index is 0.0515. The summed E-state index contributed by atoms with van der Waals surface area (Å²) in [5, 5.41) is 5.97. The number of aromatic nitrogens is 1. The molecule has 0 radical (unpaired) electrons. The molecule has 0 spiro atoms. The van der Waals surface area contributed by atoms with E-state index in [1.54, 1.807) is 0 Å². The van der Waals surface area contributed by atoms with Crippen molar-refractivity contribution >= 4 is 21.7 Å². The van der Waals surface area contributed by atoms with Gasteiger partial charge in [-0.3, -0.25) is 9.59 Å². The van der Waals surface area contributed by atoms with E-state index in [0.29, 0.717) is 0 Å². The van der Waals surface area contributed by atoms with Gasteiger partial charge in [0, 0.05) is 18.5 Å². The van der Waals surface area contributed by atoms with Gasteiger partial charge in [0.15, 0.2) is 11.5 Å². The molecule has 10 heteroatoms. The molecule has 2 aromatic rings.